The Balaban J connectivity index is 4.36. The van der Waals surface area contributed by atoms with Gasteiger partial charge in [-0.3, -0.25) is 9.59 Å². The van der Waals surface area contributed by atoms with Gasteiger partial charge < -0.3 is 9.84 Å². The summed E-state index contributed by atoms with van der Waals surface area (Å²) < 4.78 is 5.32. The highest BCUT2D eigenvalue weighted by molar-refractivity contribution is 5.99. The van der Waals surface area contributed by atoms with E-state index < -0.39 is 17.4 Å². The van der Waals surface area contributed by atoms with Gasteiger partial charge in [0.05, 0.1) is 6.10 Å². The van der Waals surface area contributed by atoms with Crippen LogP contribution in [-0.4, -0.2) is 23.1 Å². The molecule has 0 radical (unpaired) electrons. The van der Waals surface area contributed by atoms with Crippen molar-refractivity contribution in [1.82, 2.24) is 0 Å². The van der Waals surface area contributed by atoms with Gasteiger partial charge in [-0.05, 0) is 32.6 Å². The first-order valence-corrected chi connectivity index (χ1v) is 7.39. The fraction of sp³-hybridized carbons (Fsp3) is 0.867. The Morgan fingerprint density at radius 1 is 1.11 bits per heavy atom. The maximum atomic E-state index is 12.1. The van der Waals surface area contributed by atoms with Gasteiger partial charge in [0.2, 0.25) is 0 Å². The molecular formula is C15H28O4. The first-order valence-electron chi connectivity index (χ1n) is 7.39. The topological polar surface area (TPSA) is 63.6 Å². The zero-order valence-electron chi connectivity index (χ0n) is 12.7. The van der Waals surface area contributed by atoms with E-state index in [0.717, 1.165) is 19.3 Å². The number of aliphatic carboxylic acids is 1. The van der Waals surface area contributed by atoms with E-state index in [1.165, 1.54) is 12.8 Å². The van der Waals surface area contributed by atoms with E-state index in [4.69, 9.17) is 4.74 Å². The second-order valence-corrected chi connectivity index (χ2v) is 5.16. The van der Waals surface area contributed by atoms with E-state index in [1.54, 1.807) is 13.8 Å². The van der Waals surface area contributed by atoms with Crippen LogP contribution in [0.5, 0.6) is 0 Å². The van der Waals surface area contributed by atoms with Crippen LogP contribution < -0.4 is 0 Å². The van der Waals surface area contributed by atoms with Crippen LogP contribution in [0.3, 0.4) is 0 Å². The van der Waals surface area contributed by atoms with E-state index in [-0.39, 0.29) is 18.9 Å². The minimum atomic E-state index is -1.38. The number of rotatable bonds is 10. The maximum absolute atomic E-state index is 12.1. The third kappa shape index (κ3) is 5.21. The Bertz CT molecular complexity index is 282. The van der Waals surface area contributed by atoms with Crippen molar-refractivity contribution in [3.8, 4) is 0 Å². The summed E-state index contributed by atoms with van der Waals surface area (Å²) in [6.07, 6.45) is 5.62. The van der Waals surface area contributed by atoms with E-state index in [9.17, 15) is 14.7 Å². The largest absolute Gasteiger partial charge is 0.480 e. The fourth-order valence-electron chi connectivity index (χ4n) is 2.14. The summed E-state index contributed by atoms with van der Waals surface area (Å²) in [5, 5.41) is 9.25. The molecular weight excluding hydrogens is 244 g/mol. The summed E-state index contributed by atoms with van der Waals surface area (Å²) in [7, 11) is 0. The SMILES string of the molecule is CCCCCCC(C)OC(=O)C(CC)(CC)C(=O)O. The van der Waals surface area contributed by atoms with Gasteiger partial charge in [-0.15, -0.1) is 0 Å². The van der Waals surface area contributed by atoms with Crippen molar-refractivity contribution in [2.45, 2.75) is 78.7 Å². The molecule has 0 aromatic heterocycles. The Morgan fingerprint density at radius 3 is 2.11 bits per heavy atom. The van der Waals surface area contributed by atoms with E-state index in [0.29, 0.717) is 0 Å². The normalized spacial score (nSPS) is 13.1. The number of hydrogen-bond acceptors (Lipinski definition) is 3. The van der Waals surface area contributed by atoms with Crippen LogP contribution in [0.2, 0.25) is 0 Å². The van der Waals surface area contributed by atoms with Gasteiger partial charge in [-0.25, -0.2) is 0 Å². The summed E-state index contributed by atoms with van der Waals surface area (Å²) in [5.41, 5.74) is -1.38. The molecule has 0 heterocycles. The Hall–Kier alpha value is -1.06. The summed E-state index contributed by atoms with van der Waals surface area (Å²) >= 11 is 0. The van der Waals surface area contributed by atoms with Crippen LogP contribution in [0, 0.1) is 5.41 Å². The number of carbonyl (C=O) groups excluding carboxylic acids is 1. The molecule has 0 aliphatic carbocycles. The number of carboxylic acid groups (broad SMARTS) is 1. The molecule has 0 fully saturated rings. The molecule has 0 amide bonds. The third-order valence-electron chi connectivity index (χ3n) is 3.78. The number of esters is 1. The van der Waals surface area contributed by atoms with Gasteiger partial charge in [-0.2, -0.15) is 0 Å². The second kappa shape index (κ2) is 8.94. The molecule has 0 aliphatic rings. The summed E-state index contributed by atoms with van der Waals surface area (Å²) in [6.45, 7) is 7.41. The zero-order valence-corrected chi connectivity index (χ0v) is 12.7. The summed E-state index contributed by atoms with van der Waals surface area (Å²) in [4.78, 5) is 23.4. The lowest BCUT2D eigenvalue weighted by Crippen LogP contribution is -2.41. The highest BCUT2D eigenvalue weighted by Crippen LogP contribution is 2.29. The van der Waals surface area contributed by atoms with Gasteiger partial charge >= 0.3 is 11.9 Å². The molecule has 0 spiro atoms. The van der Waals surface area contributed by atoms with Gasteiger partial charge in [0.15, 0.2) is 5.41 Å². The first kappa shape index (κ1) is 17.9. The lowest BCUT2D eigenvalue weighted by molar-refractivity contribution is -0.173. The third-order valence-corrected chi connectivity index (χ3v) is 3.78. The molecule has 4 heteroatoms. The molecule has 112 valence electrons. The molecule has 1 atom stereocenters. The molecule has 19 heavy (non-hydrogen) atoms. The average molecular weight is 272 g/mol. The molecule has 0 aromatic rings. The number of ether oxygens (including phenoxy) is 1. The minimum absolute atomic E-state index is 0.207. The van der Waals surface area contributed by atoms with Crippen LogP contribution in [0.15, 0.2) is 0 Å². The summed E-state index contributed by atoms with van der Waals surface area (Å²) in [6, 6.07) is 0. The van der Waals surface area contributed by atoms with Crippen molar-refractivity contribution in [3.05, 3.63) is 0 Å². The van der Waals surface area contributed by atoms with Gasteiger partial charge in [0, 0.05) is 0 Å². The standard InChI is InChI=1S/C15H28O4/c1-5-8-9-10-11-12(4)19-14(18)15(6-2,7-3)13(16)17/h12H,5-11H2,1-4H3,(H,16,17). The predicted octanol–water partition coefficient (Wildman–Crippen LogP) is 3.78. The lowest BCUT2D eigenvalue weighted by Gasteiger charge is -2.26. The maximum Gasteiger partial charge on any atom is 0.323 e. The molecule has 0 aromatic carbocycles. The smallest absolute Gasteiger partial charge is 0.323 e. The molecule has 1 unspecified atom stereocenters. The van der Waals surface area contributed by atoms with E-state index >= 15 is 0 Å². The molecule has 0 saturated heterocycles. The van der Waals surface area contributed by atoms with Crippen molar-refractivity contribution < 1.29 is 19.4 Å². The molecule has 0 rings (SSSR count). The molecule has 0 aliphatic heterocycles. The quantitative estimate of drug-likeness (QED) is 0.373. The highest BCUT2D eigenvalue weighted by atomic mass is 16.5. The fourth-order valence-corrected chi connectivity index (χ4v) is 2.14. The predicted molar refractivity (Wildman–Crippen MR) is 75.0 cm³/mol. The van der Waals surface area contributed by atoms with Gasteiger partial charge in [0.1, 0.15) is 0 Å². The Morgan fingerprint density at radius 2 is 1.68 bits per heavy atom. The van der Waals surface area contributed by atoms with Crippen LogP contribution in [0.4, 0.5) is 0 Å². The van der Waals surface area contributed by atoms with E-state index in [1.807, 2.05) is 6.92 Å². The molecule has 0 saturated carbocycles. The number of carbonyl (C=O) groups is 2. The van der Waals surface area contributed by atoms with Crippen LogP contribution in [-0.2, 0) is 14.3 Å². The zero-order chi connectivity index (χ0) is 14.9. The van der Waals surface area contributed by atoms with Crippen molar-refractivity contribution in [3.63, 3.8) is 0 Å². The van der Waals surface area contributed by atoms with Crippen molar-refractivity contribution >= 4 is 11.9 Å². The number of hydrogen-bond donors (Lipinski definition) is 1. The monoisotopic (exact) mass is 272 g/mol. The van der Waals surface area contributed by atoms with Crippen LogP contribution in [0.1, 0.15) is 72.6 Å². The second-order valence-electron chi connectivity index (χ2n) is 5.16. The van der Waals surface area contributed by atoms with Crippen LogP contribution in [0.25, 0.3) is 0 Å². The van der Waals surface area contributed by atoms with Gasteiger partial charge in [0.25, 0.3) is 0 Å². The molecule has 1 N–H and O–H groups in total. The van der Waals surface area contributed by atoms with Crippen LogP contribution >= 0.6 is 0 Å². The summed E-state index contributed by atoms with van der Waals surface area (Å²) in [5.74, 6) is -1.67. The first-order chi connectivity index (χ1) is 8.94. The van der Waals surface area contributed by atoms with Crippen molar-refractivity contribution in [2.75, 3.05) is 0 Å². The Labute approximate surface area is 116 Å². The Kier molecular flexibility index (Phi) is 8.44. The lowest BCUT2D eigenvalue weighted by atomic mass is 9.82. The van der Waals surface area contributed by atoms with Crippen molar-refractivity contribution in [2.24, 2.45) is 5.41 Å². The average Bonchev–Trinajstić information content (AvgIpc) is 2.36. The molecule has 0 bridgehead atoms. The minimum Gasteiger partial charge on any atom is -0.480 e. The van der Waals surface area contributed by atoms with E-state index in [2.05, 4.69) is 6.92 Å². The highest BCUT2D eigenvalue weighted by Gasteiger charge is 2.44. The number of carboxylic acids is 1. The van der Waals surface area contributed by atoms with Crippen molar-refractivity contribution in [1.29, 1.82) is 0 Å². The number of unbranched alkanes of at least 4 members (excludes halogenated alkanes) is 3. The molecule has 4 nitrogen and oxygen atoms in total. The van der Waals surface area contributed by atoms with Gasteiger partial charge in [-0.1, -0.05) is 40.0 Å².